The number of para-hydroxylation sites is 1. The highest BCUT2D eigenvalue weighted by Crippen LogP contribution is 2.19. The summed E-state index contributed by atoms with van der Waals surface area (Å²) in [4.78, 5) is 16.8. The van der Waals surface area contributed by atoms with Gasteiger partial charge in [0.1, 0.15) is 0 Å². The average molecular weight is 275 g/mol. The largest absolute Gasteiger partial charge is 0.392 e. The van der Waals surface area contributed by atoms with E-state index in [0.29, 0.717) is 13.0 Å². The SMILES string of the molecule is CC(O)CN(C)C(=O)[C@@H](N)Cc1c[nH]c2ccccc12. The second kappa shape index (κ2) is 6.07. The van der Waals surface area contributed by atoms with Crippen molar-refractivity contribution in [3.05, 3.63) is 36.0 Å². The van der Waals surface area contributed by atoms with Crippen LogP contribution >= 0.6 is 0 Å². The van der Waals surface area contributed by atoms with E-state index in [1.165, 1.54) is 4.90 Å². The van der Waals surface area contributed by atoms with Crippen LogP contribution in [-0.2, 0) is 11.2 Å². The van der Waals surface area contributed by atoms with Gasteiger partial charge in [0.05, 0.1) is 12.1 Å². The fourth-order valence-electron chi connectivity index (χ4n) is 2.39. The number of hydrogen-bond acceptors (Lipinski definition) is 3. The molecule has 4 N–H and O–H groups in total. The van der Waals surface area contributed by atoms with Gasteiger partial charge in [0.25, 0.3) is 0 Å². The van der Waals surface area contributed by atoms with Crippen LogP contribution in [0, 0.1) is 0 Å². The molecule has 20 heavy (non-hydrogen) atoms. The summed E-state index contributed by atoms with van der Waals surface area (Å²) < 4.78 is 0. The monoisotopic (exact) mass is 275 g/mol. The van der Waals surface area contributed by atoms with Crippen molar-refractivity contribution >= 4 is 16.8 Å². The number of aliphatic hydroxyl groups is 1. The molecule has 0 spiro atoms. The normalized spacial score (nSPS) is 14.2. The van der Waals surface area contributed by atoms with Gasteiger partial charge in [-0.05, 0) is 25.0 Å². The number of aromatic nitrogens is 1. The topological polar surface area (TPSA) is 82.3 Å². The Morgan fingerprint density at radius 1 is 1.45 bits per heavy atom. The molecule has 108 valence electrons. The smallest absolute Gasteiger partial charge is 0.239 e. The summed E-state index contributed by atoms with van der Waals surface area (Å²) in [5, 5.41) is 10.4. The van der Waals surface area contributed by atoms with Crippen molar-refractivity contribution in [2.45, 2.75) is 25.5 Å². The summed E-state index contributed by atoms with van der Waals surface area (Å²) in [5.74, 6) is -0.156. The molecule has 0 bridgehead atoms. The molecule has 0 saturated carbocycles. The van der Waals surface area contributed by atoms with Crippen LogP contribution in [-0.4, -0.2) is 46.6 Å². The molecule has 0 aliphatic heterocycles. The van der Waals surface area contributed by atoms with Gasteiger partial charge >= 0.3 is 0 Å². The van der Waals surface area contributed by atoms with Gasteiger partial charge in [0.2, 0.25) is 5.91 Å². The van der Waals surface area contributed by atoms with Gasteiger partial charge in [-0.3, -0.25) is 4.79 Å². The molecule has 1 aromatic carbocycles. The van der Waals surface area contributed by atoms with Gasteiger partial charge in [-0.1, -0.05) is 18.2 Å². The number of aliphatic hydroxyl groups excluding tert-OH is 1. The number of hydrogen-bond donors (Lipinski definition) is 3. The van der Waals surface area contributed by atoms with E-state index < -0.39 is 12.1 Å². The third-order valence-electron chi connectivity index (χ3n) is 3.35. The van der Waals surface area contributed by atoms with Gasteiger partial charge in [-0.25, -0.2) is 0 Å². The summed E-state index contributed by atoms with van der Waals surface area (Å²) in [5.41, 5.74) is 8.06. The third kappa shape index (κ3) is 3.18. The number of carbonyl (C=O) groups is 1. The minimum absolute atomic E-state index is 0.156. The Morgan fingerprint density at radius 3 is 2.85 bits per heavy atom. The Hall–Kier alpha value is -1.85. The lowest BCUT2D eigenvalue weighted by atomic mass is 10.0. The number of aromatic amines is 1. The predicted molar refractivity (Wildman–Crippen MR) is 79.3 cm³/mol. The van der Waals surface area contributed by atoms with Crippen molar-refractivity contribution in [2.75, 3.05) is 13.6 Å². The van der Waals surface area contributed by atoms with Crippen molar-refractivity contribution in [1.29, 1.82) is 0 Å². The van der Waals surface area contributed by atoms with Gasteiger partial charge in [-0.2, -0.15) is 0 Å². The Morgan fingerprint density at radius 2 is 2.15 bits per heavy atom. The molecule has 5 heteroatoms. The highest BCUT2D eigenvalue weighted by atomic mass is 16.3. The van der Waals surface area contributed by atoms with E-state index in [1.807, 2.05) is 30.5 Å². The number of carbonyl (C=O) groups excluding carboxylic acids is 1. The molecule has 1 amide bonds. The molecule has 1 unspecified atom stereocenters. The van der Waals surface area contributed by atoms with Gasteiger partial charge < -0.3 is 20.7 Å². The molecule has 1 heterocycles. The molecule has 0 aliphatic rings. The van der Waals surface area contributed by atoms with Crippen LogP contribution in [0.5, 0.6) is 0 Å². The van der Waals surface area contributed by atoms with Crippen LogP contribution in [0.4, 0.5) is 0 Å². The molecule has 1 aromatic heterocycles. The van der Waals surface area contributed by atoms with Crippen molar-refractivity contribution < 1.29 is 9.90 Å². The summed E-state index contributed by atoms with van der Waals surface area (Å²) in [6, 6.07) is 7.33. The summed E-state index contributed by atoms with van der Waals surface area (Å²) in [6.45, 7) is 1.94. The van der Waals surface area contributed by atoms with Crippen molar-refractivity contribution in [2.24, 2.45) is 5.73 Å². The third-order valence-corrected chi connectivity index (χ3v) is 3.35. The minimum atomic E-state index is -0.599. The molecule has 2 rings (SSSR count). The van der Waals surface area contributed by atoms with Crippen LogP contribution in [0.25, 0.3) is 10.9 Å². The maximum Gasteiger partial charge on any atom is 0.239 e. The highest BCUT2D eigenvalue weighted by Gasteiger charge is 2.20. The fraction of sp³-hybridized carbons (Fsp3) is 0.400. The molecule has 0 aliphatic carbocycles. The van der Waals surface area contributed by atoms with Crippen molar-refractivity contribution in [3.63, 3.8) is 0 Å². The van der Waals surface area contributed by atoms with E-state index in [9.17, 15) is 9.90 Å². The maximum atomic E-state index is 12.1. The van der Waals surface area contributed by atoms with E-state index in [-0.39, 0.29) is 5.91 Å². The Kier molecular flexibility index (Phi) is 4.42. The van der Waals surface area contributed by atoms with Gasteiger partial charge in [0.15, 0.2) is 0 Å². The lowest BCUT2D eigenvalue weighted by Gasteiger charge is -2.22. The van der Waals surface area contributed by atoms with E-state index >= 15 is 0 Å². The molecule has 0 fully saturated rings. The van der Waals surface area contributed by atoms with Crippen molar-refractivity contribution in [3.8, 4) is 0 Å². The van der Waals surface area contributed by atoms with Crippen LogP contribution in [0.2, 0.25) is 0 Å². The average Bonchev–Trinajstić information content (AvgIpc) is 2.80. The number of amides is 1. The van der Waals surface area contributed by atoms with Crippen molar-refractivity contribution in [1.82, 2.24) is 9.88 Å². The second-order valence-electron chi connectivity index (χ2n) is 5.24. The molecule has 2 aromatic rings. The molecular formula is C15H21N3O2. The summed E-state index contributed by atoms with van der Waals surface area (Å²) in [6.07, 6.45) is 1.82. The van der Waals surface area contributed by atoms with E-state index in [1.54, 1.807) is 14.0 Å². The zero-order chi connectivity index (χ0) is 14.7. The quantitative estimate of drug-likeness (QED) is 0.757. The van der Waals surface area contributed by atoms with Crippen LogP contribution in [0.15, 0.2) is 30.5 Å². The zero-order valence-corrected chi connectivity index (χ0v) is 11.8. The molecule has 0 saturated heterocycles. The first-order chi connectivity index (χ1) is 9.49. The molecular weight excluding hydrogens is 254 g/mol. The lowest BCUT2D eigenvalue weighted by molar-refractivity contribution is -0.132. The number of likely N-dealkylation sites (N-methyl/N-ethyl adjacent to an activating group) is 1. The predicted octanol–water partition coefficient (Wildman–Crippen LogP) is 0.877. The lowest BCUT2D eigenvalue weighted by Crippen LogP contribution is -2.45. The minimum Gasteiger partial charge on any atom is -0.392 e. The number of H-pyrrole nitrogens is 1. The first-order valence-electron chi connectivity index (χ1n) is 6.72. The van der Waals surface area contributed by atoms with E-state index in [0.717, 1.165) is 16.5 Å². The molecule has 5 nitrogen and oxygen atoms in total. The summed E-state index contributed by atoms with van der Waals surface area (Å²) in [7, 11) is 1.66. The van der Waals surface area contributed by atoms with Crippen LogP contribution in [0.1, 0.15) is 12.5 Å². The Bertz CT molecular complexity index is 592. The number of nitrogens with two attached hydrogens (primary N) is 1. The van der Waals surface area contributed by atoms with Crippen LogP contribution in [0.3, 0.4) is 0 Å². The van der Waals surface area contributed by atoms with E-state index in [2.05, 4.69) is 4.98 Å². The number of nitrogens with one attached hydrogen (secondary N) is 1. The highest BCUT2D eigenvalue weighted by molar-refractivity contribution is 5.86. The molecule has 2 atom stereocenters. The summed E-state index contributed by atoms with van der Waals surface area (Å²) >= 11 is 0. The van der Waals surface area contributed by atoms with Crippen LogP contribution < -0.4 is 5.73 Å². The number of benzene rings is 1. The number of rotatable bonds is 5. The zero-order valence-electron chi connectivity index (χ0n) is 11.8. The first kappa shape index (κ1) is 14.6. The first-order valence-corrected chi connectivity index (χ1v) is 6.72. The van der Waals surface area contributed by atoms with Gasteiger partial charge in [-0.15, -0.1) is 0 Å². The van der Waals surface area contributed by atoms with E-state index in [4.69, 9.17) is 5.73 Å². The standard InChI is InChI=1S/C15H21N3O2/c1-10(19)9-18(2)15(20)13(16)7-11-8-17-14-6-4-3-5-12(11)14/h3-6,8,10,13,17,19H,7,9,16H2,1-2H3/t10?,13-/m0/s1. The Labute approximate surface area is 118 Å². The molecule has 0 radical (unpaired) electrons. The Balaban J connectivity index is 2.07. The number of nitrogens with zero attached hydrogens (tertiary/aromatic N) is 1. The maximum absolute atomic E-state index is 12.1. The number of fused-ring (bicyclic) bond motifs is 1. The fourth-order valence-corrected chi connectivity index (χ4v) is 2.39. The second-order valence-corrected chi connectivity index (χ2v) is 5.24. The van der Waals surface area contributed by atoms with Gasteiger partial charge in [0, 0.05) is 30.7 Å².